The fraction of sp³-hybridized carbons (Fsp3) is 0.364. The van der Waals surface area contributed by atoms with Gasteiger partial charge in [0, 0.05) is 45.7 Å². The van der Waals surface area contributed by atoms with Gasteiger partial charge in [0.15, 0.2) is 5.78 Å². The molecule has 7 heteroatoms. The number of likely N-dealkylation sites (tertiary alicyclic amines) is 1. The average Bonchev–Trinajstić information content (AvgIpc) is 3.34. The second-order valence-corrected chi connectivity index (χ2v) is 11.9. The van der Waals surface area contributed by atoms with Crippen LogP contribution < -0.4 is 14.2 Å². The number of nitrogens with zero attached hydrogens (tertiary/aromatic N) is 1. The topological polar surface area (TPSA) is 68.2 Å². The Morgan fingerprint density at radius 2 is 1.55 bits per heavy atom. The molecule has 5 rings (SSSR count). The Kier molecular flexibility index (Phi) is 8.74. The SMILES string of the molecule is COc1ccc(-c2sc3cc(OC)ccc3c2C(=O)c2ccc(OCC(O)CN3CC(C)CC(C)C3)cc2)cc1. The number of thiophene rings is 1. The first kappa shape index (κ1) is 28.1. The molecule has 1 N–H and O–H groups in total. The van der Waals surface area contributed by atoms with E-state index < -0.39 is 6.10 Å². The minimum absolute atomic E-state index is 0.0536. The Hall–Kier alpha value is -3.39. The van der Waals surface area contributed by atoms with Crippen LogP contribution in [0.3, 0.4) is 0 Å². The fourth-order valence-corrected chi connectivity index (χ4v) is 6.94. The molecule has 3 aromatic carbocycles. The van der Waals surface area contributed by atoms with Crippen LogP contribution in [0.4, 0.5) is 0 Å². The number of β-amino-alcohol motifs (C(OH)–C–C–N with tert-alkyl or cyclic N) is 1. The van der Waals surface area contributed by atoms with Crippen LogP contribution in [0.1, 0.15) is 36.2 Å². The minimum Gasteiger partial charge on any atom is -0.497 e. The van der Waals surface area contributed by atoms with Crippen molar-refractivity contribution < 1.29 is 24.1 Å². The standard InChI is InChI=1S/C33H37NO5S/c1-21-15-22(2)18-34(17-21)19-25(35)20-39-27-11-5-23(6-12-27)32(36)31-29-14-13-28(38-4)16-30(29)40-33(31)24-7-9-26(37-3)10-8-24/h5-14,16,21-22,25,35H,15,17-20H2,1-4H3. The predicted octanol–water partition coefficient (Wildman–Crippen LogP) is 6.53. The first-order valence-electron chi connectivity index (χ1n) is 13.8. The molecule has 0 radical (unpaired) electrons. The molecule has 1 fully saturated rings. The molecular formula is C33H37NO5S. The van der Waals surface area contributed by atoms with E-state index >= 15 is 0 Å². The lowest BCUT2D eigenvalue weighted by atomic mass is 9.92. The Balaban J connectivity index is 1.33. The molecule has 6 nitrogen and oxygen atoms in total. The summed E-state index contributed by atoms with van der Waals surface area (Å²) >= 11 is 1.57. The number of methoxy groups -OCH3 is 2. The summed E-state index contributed by atoms with van der Waals surface area (Å²) in [6.45, 7) is 7.39. The normalized spacial score (nSPS) is 18.4. The van der Waals surface area contributed by atoms with Crippen LogP contribution in [0.15, 0.2) is 66.7 Å². The van der Waals surface area contributed by atoms with Crippen LogP contribution in [-0.4, -0.2) is 62.4 Å². The van der Waals surface area contributed by atoms with Crippen molar-refractivity contribution in [1.82, 2.24) is 4.90 Å². The predicted molar refractivity (Wildman–Crippen MR) is 161 cm³/mol. The molecule has 1 aromatic heterocycles. The van der Waals surface area contributed by atoms with Gasteiger partial charge < -0.3 is 24.2 Å². The number of aliphatic hydroxyl groups is 1. The van der Waals surface area contributed by atoms with E-state index in [1.165, 1.54) is 6.42 Å². The third-order valence-corrected chi connectivity index (χ3v) is 8.65. The Bertz CT molecular complexity index is 1440. The summed E-state index contributed by atoms with van der Waals surface area (Å²) in [7, 11) is 3.28. The van der Waals surface area contributed by atoms with Crippen LogP contribution in [0.25, 0.3) is 20.5 Å². The monoisotopic (exact) mass is 559 g/mol. The summed E-state index contributed by atoms with van der Waals surface area (Å²) in [5.74, 6) is 3.39. The number of carbonyl (C=O) groups excluding carboxylic acids is 1. The third kappa shape index (κ3) is 6.33. The lowest BCUT2D eigenvalue weighted by Gasteiger charge is -2.35. The van der Waals surface area contributed by atoms with Crippen molar-refractivity contribution in [1.29, 1.82) is 0 Å². The quantitative estimate of drug-likeness (QED) is 0.223. The van der Waals surface area contributed by atoms with Crippen molar-refractivity contribution in [3.05, 3.63) is 77.9 Å². The summed E-state index contributed by atoms with van der Waals surface area (Å²) in [6, 6.07) is 20.8. The van der Waals surface area contributed by atoms with Crippen LogP contribution >= 0.6 is 11.3 Å². The lowest BCUT2D eigenvalue weighted by molar-refractivity contribution is 0.0429. The van der Waals surface area contributed by atoms with Crippen molar-refractivity contribution in [2.75, 3.05) is 40.5 Å². The van der Waals surface area contributed by atoms with E-state index in [1.54, 1.807) is 49.8 Å². The van der Waals surface area contributed by atoms with Crippen LogP contribution in [0.5, 0.6) is 17.2 Å². The van der Waals surface area contributed by atoms with Crippen molar-refractivity contribution in [3.8, 4) is 27.7 Å². The second-order valence-electron chi connectivity index (χ2n) is 10.9. The molecule has 3 atom stereocenters. The zero-order valence-corrected chi connectivity index (χ0v) is 24.4. The van der Waals surface area contributed by atoms with E-state index in [4.69, 9.17) is 14.2 Å². The number of ketones is 1. The molecule has 0 saturated carbocycles. The molecule has 0 bridgehead atoms. The molecule has 4 aromatic rings. The Morgan fingerprint density at radius 3 is 2.20 bits per heavy atom. The first-order chi connectivity index (χ1) is 19.3. The van der Waals surface area contributed by atoms with Gasteiger partial charge in [0.2, 0.25) is 0 Å². The van der Waals surface area contributed by atoms with Crippen LogP contribution in [0.2, 0.25) is 0 Å². The molecule has 0 aliphatic carbocycles. The van der Waals surface area contributed by atoms with Gasteiger partial charge in [-0.2, -0.15) is 0 Å². The molecule has 1 aliphatic rings. The molecule has 210 valence electrons. The number of piperidine rings is 1. The maximum Gasteiger partial charge on any atom is 0.195 e. The van der Waals surface area contributed by atoms with E-state index in [1.807, 2.05) is 42.5 Å². The zero-order chi connectivity index (χ0) is 28.2. The van der Waals surface area contributed by atoms with Gasteiger partial charge >= 0.3 is 0 Å². The highest BCUT2D eigenvalue weighted by atomic mass is 32.1. The number of ether oxygens (including phenoxy) is 3. The van der Waals surface area contributed by atoms with Gasteiger partial charge in [0.05, 0.1) is 14.2 Å². The van der Waals surface area contributed by atoms with E-state index in [0.29, 0.717) is 35.3 Å². The van der Waals surface area contributed by atoms with Crippen molar-refractivity contribution in [2.45, 2.75) is 26.4 Å². The summed E-state index contributed by atoms with van der Waals surface area (Å²) in [5, 5.41) is 11.5. The van der Waals surface area contributed by atoms with Gasteiger partial charge in [-0.15, -0.1) is 11.3 Å². The third-order valence-electron chi connectivity index (χ3n) is 7.45. The summed E-state index contributed by atoms with van der Waals surface area (Å²) in [6.07, 6.45) is 0.672. The molecule has 40 heavy (non-hydrogen) atoms. The lowest BCUT2D eigenvalue weighted by Crippen LogP contribution is -2.43. The molecule has 3 unspecified atom stereocenters. The van der Waals surface area contributed by atoms with E-state index in [-0.39, 0.29) is 12.4 Å². The zero-order valence-electron chi connectivity index (χ0n) is 23.6. The summed E-state index contributed by atoms with van der Waals surface area (Å²) in [5.41, 5.74) is 2.20. The molecule has 2 heterocycles. The minimum atomic E-state index is -0.569. The largest absolute Gasteiger partial charge is 0.497 e. The maximum atomic E-state index is 13.9. The Morgan fingerprint density at radius 1 is 0.925 bits per heavy atom. The highest BCUT2D eigenvalue weighted by molar-refractivity contribution is 7.22. The van der Waals surface area contributed by atoms with E-state index in [9.17, 15) is 9.90 Å². The van der Waals surface area contributed by atoms with E-state index in [2.05, 4.69) is 18.7 Å². The number of aliphatic hydroxyl groups excluding tert-OH is 1. The Labute approximate surface area is 240 Å². The van der Waals surface area contributed by atoms with Gasteiger partial charge in [-0.25, -0.2) is 0 Å². The number of fused-ring (bicyclic) bond motifs is 1. The van der Waals surface area contributed by atoms with Crippen molar-refractivity contribution in [3.63, 3.8) is 0 Å². The molecule has 1 aliphatic heterocycles. The molecule has 0 amide bonds. The number of hydrogen-bond donors (Lipinski definition) is 1. The molecular weight excluding hydrogens is 522 g/mol. The number of hydrogen-bond acceptors (Lipinski definition) is 7. The smallest absolute Gasteiger partial charge is 0.195 e. The molecule has 1 saturated heterocycles. The fourth-order valence-electron chi connectivity index (χ4n) is 5.71. The van der Waals surface area contributed by atoms with Crippen molar-refractivity contribution >= 4 is 27.2 Å². The number of benzene rings is 3. The van der Waals surface area contributed by atoms with Crippen molar-refractivity contribution in [2.24, 2.45) is 11.8 Å². The highest BCUT2D eigenvalue weighted by Gasteiger charge is 2.24. The average molecular weight is 560 g/mol. The van der Waals surface area contributed by atoms with Gasteiger partial charge in [-0.1, -0.05) is 13.8 Å². The number of carbonyl (C=O) groups is 1. The second kappa shape index (κ2) is 12.4. The van der Waals surface area contributed by atoms with Gasteiger partial charge in [0.1, 0.15) is 30.0 Å². The highest BCUT2D eigenvalue weighted by Crippen LogP contribution is 2.41. The summed E-state index contributed by atoms with van der Waals surface area (Å²) < 4.78 is 17.6. The van der Waals surface area contributed by atoms with Crippen LogP contribution in [-0.2, 0) is 0 Å². The number of rotatable bonds is 10. The maximum absolute atomic E-state index is 13.9. The summed E-state index contributed by atoms with van der Waals surface area (Å²) in [4.78, 5) is 17.1. The molecule has 0 spiro atoms. The van der Waals surface area contributed by atoms with Gasteiger partial charge in [-0.05, 0) is 90.6 Å². The van der Waals surface area contributed by atoms with E-state index in [0.717, 1.165) is 45.1 Å². The van der Waals surface area contributed by atoms with Gasteiger partial charge in [0.25, 0.3) is 0 Å². The van der Waals surface area contributed by atoms with Crippen LogP contribution in [0, 0.1) is 11.8 Å². The first-order valence-corrected chi connectivity index (χ1v) is 14.6. The van der Waals surface area contributed by atoms with Gasteiger partial charge in [-0.3, -0.25) is 4.79 Å².